The molecule has 3 atom stereocenters. The Morgan fingerprint density at radius 2 is 2.12 bits per heavy atom. The highest BCUT2D eigenvalue weighted by Gasteiger charge is 2.29. The van der Waals surface area contributed by atoms with Gasteiger partial charge in [0.15, 0.2) is 0 Å². The van der Waals surface area contributed by atoms with Gasteiger partial charge in [0.2, 0.25) is 5.91 Å². The van der Waals surface area contributed by atoms with E-state index in [2.05, 4.69) is 27.7 Å². The quantitative estimate of drug-likeness (QED) is 0.822. The van der Waals surface area contributed by atoms with Gasteiger partial charge >= 0.3 is 0 Å². The largest absolute Gasteiger partial charge is 0.338 e. The van der Waals surface area contributed by atoms with Gasteiger partial charge in [-0.3, -0.25) is 4.79 Å². The maximum Gasteiger partial charge on any atom is 0.224 e. The van der Waals surface area contributed by atoms with Crippen LogP contribution in [0.15, 0.2) is 0 Å². The van der Waals surface area contributed by atoms with Gasteiger partial charge < -0.3 is 10.6 Å². The third-order valence-electron chi connectivity index (χ3n) is 3.47. The van der Waals surface area contributed by atoms with Gasteiger partial charge in [-0.25, -0.2) is 0 Å². The number of rotatable bonds is 3. The van der Waals surface area contributed by atoms with Crippen molar-refractivity contribution in [1.29, 1.82) is 0 Å². The van der Waals surface area contributed by atoms with Crippen molar-refractivity contribution in [2.45, 2.75) is 51.4 Å². The predicted molar refractivity (Wildman–Crippen MR) is 70.5 cm³/mol. The summed E-state index contributed by atoms with van der Waals surface area (Å²) in [6, 6.07) is 0.329. The molecule has 0 saturated carbocycles. The Morgan fingerprint density at radius 1 is 1.50 bits per heavy atom. The molecule has 0 aromatic carbocycles. The summed E-state index contributed by atoms with van der Waals surface area (Å²) in [5.41, 5.74) is 5.95. The maximum absolute atomic E-state index is 12.1. The van der Waals surface area contributed by atoms with E-state index in [4.69, 9.17) is 5.73 Å². The Morgan fingerprint density at radius 3 is 2.69 bits per heavy atom. The molecule has 16 heavy (non-hydrogen) atoms. The Labute approximate surface area is 103 Å². The normalized spacial score (nSPS) is 28.2. The van der Waals surface area contributed by atoms with Crippen LogP contribution < -0.4 is 5.73 Å². The summed E-state index contributed by atoms with van der Waals surface area (Å²) in [5, 5.41) is 0.535. The molecule has 3 nitrogen and oxygen atoms in total. The molecule has 0 aliphatic carbocycles. The fraction of sp³-hybridized carbons (Fsp3) is 0.917. The first-order chi connectivity index (χ1) is 7.43. The lowest BCUT2D eigenvalue weighted by Crippen LogP contribution is -2.49. The Balaban J connectivity index is 2.52. The van der Waals surface area contributed by atoms with Crippen LogP contribution >= 0.6 is 11.8 Å². The van der Waals surface area contributed by atoms with Crippen LogP contribution in [0.4, 0.5) is 0 Å². The molecule has 1 saturated heterocycles. The van der Waals surface area contributed by atoms with Crippen LogP contribution in [0, 0.1) is 5.92 Å². The summed E-state index contributed by atoms with van der Waals surface area (Å²) < 4.78 is 0. The molecule has 0 aromatic heterocycles. The fourth-order valence-electron chi connectivity index (χ4n) is 1.84. The lowest BCUT2D eigenvalue weighted by Gasteiger charge is -2.38. The lowest BCUT2D eigenvalue weighted by molar-refractivity contribution is -0.133. The van der Waals surface area contributed by atoms with Crippen LogP contribution in [0.5, 0.6) is 0 Å². The van der Waals surface area contributed by atoms with Crippen LogP contribution in [0.2, 0.25) is 0 Å². The summed E-state index contributed by atoms with van der Waals surface area (Å²) in [4.78, 5) is 14.1. The monoisotopic (exact) mass is 244 g/mol. The number of nitrogens with zero attached hydrogens (tertiary/aromatic N) is 1. The highest BCUT2D eigenvalue weighted by atomic mass is 32.2. The zero-order chi connectivity index (χ0) is 12.3. The zero-order valence-electron chi connectivity index (χ0n) is 10.8. The molecule has 1 aliphatic heterocycles. The molecule has 0 radical (unpaired) electrons. The van der Waals surface area contributed by atoms with Crippen molar-refractivity contribution >= 4 is 17.7 Å². The van der Waals surface area contributed by atoms with E-state index in [1.165, 1.54) is 0 Å². The highest BCUT2D eigenvalue weighted by molar-refractivity contribution is 8.00. The topological polar surface area (TPSA) is 46.3 Å². The number of nitrogens with two attached hydrogens (primary N) is 1. The van der Waals surface area contributed by atoms with Crippen molar-refractivity contribution < 1.29 is 4.79 Å². The first-order valence-corrected chi connectivity index (χ1v) is 7.15. The second-order valence-corrected chi connectivity index (χ2v) is 6.50. The summed E-state index contributed by atoms with van der Waals surface area (Å²) in [7, 11) is 0. The van der Waals surface area contributed by atoms with Gasteiger partial charge in [0.25, 0.3) is 0 Å². The van der Waals surface area contributed by atoms with Gasteiger partial charge in [0.05, 0.1) is 0 Å². The van der Waals surface area contributed by atoms with Crippen molar-refractivity contribution in [3.8, 4) is 0 Å². The van der Waals surface area contributed by atoms with Gasteiger partial charge in [0, 0.05) is 36.1 Å². The molecule has 3 unspecified atom stereocenters. The first-order valence-electron chi connectivity index (χ1n) is 6.10. The number of hydrogen-bond donors (Lipinski definition) is 1. The van der Waals surface area contributed by atoms with Gasteiger partial charge in [0.1, 0.15) is 0 Å². The molecule has 0 spiro atoms. The molecule has 1 aliphatic rings. The van der Waals surface area contributed by atoms with Crippen molar-refractivity contribution in [3.63, 3.8) is 0 Å². The molecule has 1 fully saturated rings. The second-order valence-electron chi connectivity index (χ2n) is 5.02. The SMILES string of the molecule is CC(C)C(N)CC(=O)N1CCSC(C)C1C. The predicted octanol–water partition coefficient (Wildman–Crippen LogP) is 1.71. The van der Waals surface area contributed by atoms with E-state index in [9.17, 15) is 4.79 Å². The van der Waals surface area contributed by atoms with E-state index in [0.717, 1.165) is 12.3 Å². The molecule has 1 amide bonds. The summed E-state index contributed by atoms with van der Waals surface area (Å²) in [5.74, 6) is 1.64. The number of amides is 1. The molecule has 1 heterocycles. The number of thioether (sulfide) groups is 1. The molecular formula is C12H24N2OS. The van der Waals surface area contributed by atoms with E-state index < -0.39 is 0 Å². The van der Waals surface area contributed by atoms with E-state index in [0.29, 0.717) is 23.6 Å². The number of carbonyl (C=O) groups excluding carboxylic acids is 1. The van der Waals surface area contributed by atoms with E-state index in [1.54, 1.807) is 0 Å². The Hall–Kier alpha value is -0.220. The minimum Gasteiger partial charge on any atom is -0.338 e. The van der Waals surface area contributed by atoms with Gasteiger partial charge in [-0.05, 0) is 12.8 Å². The molecule has 0 bridgehead atoms. The van der Waals surface area contributed by atoms with Crippen molar-refractivity contribution in [3.05, 3.63) is 0 Å². The van der Waals surface area contributed by atoms with E-state index >= 15 is 0 Å². The summed E-state index contributed by atoms with van der Waals surface area (Å²) in [6.07, 6.45) is 0.486. The summed E-state index contributed by atoms with van der Waals surface area (Å²) >= 11 is 1.95. The average molecular weight is 244 g/mol. The van der Waals surface area contributed by atoms with Crippen LogP contribution in [0.3, 0.4) is 0 Å². The third kappa shape index (κ3) is 3.39. The molecule has 94 valence electrons. The van der Waals surface area contributed by atoms with Crippen LogP contribution in [0.25, 0.3) is 0 Å². The van der Waals surface area contributed by atoms with Crippen LogP contribution in [-0.2, 0) is 4.79 Å². The second kappa shape index (κ2) is 5.92. The molecule has 0 aromatic rings. The standard InChI is InChI=1S/C12H24N2OS/c1-8(2)11(13)7-12(15)14-5-6-16-10(4)9(14)3/h8-11H,5-7,13H2,1-4H3. The van der Waals surface area contributed by atoms with Gasteiger partial charge in [-0.2, -0.15) is 11.8 Å². The Kier molecular flexibility index (Phi) is 5.12. The zero-order valence-corrected chi connectivity index (χ0v) is 11.6. The minimum absolute atomic E-state index is 0.00964. The molecule has 1 rings (SSSR count). The average Bonchev–Trinajstić information content (AvgIpc) is 2.21. The molecule has 2 N–H and O–H groups in total. The Bertz CT molecular complexity index is 245. The van der Waals surface area contributed by atoms with E-state index in [1.807, 2.05) is 16.7 Å². The van der Waals surface area contributed by atoms with E-state index in [-0.39, 0.29) is 11.9 Å². The molecular weight excluding hydrogens is 220 g/mol. The van der Waals surface area contributed by atoms with Gasteiger partial charge in [-0.1, -0.05) is 20.8 Å². The minimum atomic E-state index is -0.00964. The number of carbonyl (C=O) groups is 1. The van der Waals surface area contributed by atoms with Crippen molar-refractivity contribution in [2.75, 3.05) is 12.3 Å². The summed E-state index contributed by atoms with van der Waals surface area (Å²) in [6.45, 7) is 9.33. The third-order valence-corrected chi connectivity index (χ3v) is 4.81. The van der Waals surface area contributed by atoms with Crippen LogP contribution in [0.1, 0.15) is 34.1 Å². The van der Waals surface area contributed by atoms with Crippen molar-refractivity contribution in [2.24, 2.45) is 11.7 Å². The fourth-order valence-corrected chi connectivity index (χ4v) is 2.94. The lowest BCUT2D eigenvalue weighted by atomic mass is 10.0. The van der Waals surface area contributed by atoms with Crippen molar-refractivity contribution in [1.82, 2.24) is 4.90 Å². The smallest absolute Gasteiger partial charge is 0.224 e. The van der Waals surface area contributed by atoms with Gasteiger partial charge in [-0.15, -0.1) is 0 Å². The number of hydrogen-bond acceptors (Lipinski definition) is 3. The first kappa shape index (κ1) is 13.8. The maximum atomic E-state index is 12.1. The highest BCUT2D eigenvalue weighted by Crippen LogP contribution is 2.25. The molecule has 4 heteroatoms. The van der Waals surface area contributed by atoms with Crippen LogP contribution in [-0.4, -0.2) is 40.4 Å².